The van der Waals surface area contributed by atoms with E-state index in [1.165, 1.54) is 10.4 Å². The first-order valence-electron chi connectivity index (χ1n) is 9.66. The van der Waals surface area contributed by atoms with Crippen LogP contribution in [0.4, 0.5) is 5.69 Å². The fourth-order valence-corrected chi connectivity index (χ4v) is 4.42. The molecule has 4 heteroatoms. The molecule has 1 aromatic heterocycles. The molecular weight excluding hydrogens is 340 g/mol. The zero-order valence-electron chi connectivity index (χ0n) is 16.1. The third kappa shape index (κ3) is 4.95. The van der Waals surface area contributed by atoms with E-state index >= 15 is 0 Å². The van der Waals surface area contributed by atoms with Crippen LogP contribution in [0.2, 0.25) is 0 Å². The number of anilines is 1. The van der Waals surface area contributed by atoms with Gasteiger partial charge in [0.2, 0.25) is 5.91 Å². The van der Waals surface area contributed by atoms with E-state index in [0.717, 1.165) is 38.2 Å². The van der Waals surface area contributed by atoms with Gasteiger partial charge in [-0.05, 0) is 49.3 Å². The van der Waals surface area contributed by atoms with Gasteiger partial charge in [0.05, 0.1) is 0 Å². The molecule has 1 saturated heterocycles. The highest BCUT2D eigenvalue weighted by Crippen LogP contribution is 2.27. The van der Waals surface area contributed by atoms with Gasteiger partial charge in [0.1, 0.15) is 0 Å². The molecule has 1 aliphatic heterocycles. The van der Waals surface area contributed by atoms with Gasteiger partial charge in [0.15, 0.2) is 0 Å². The maximum Gasteiger partial charge on any atom is 0.227 e. The van der Waals surface area contributed by atoms with Crippen LogP contribution in [-0.4, -0.2) is 29.9 Å². The van der Waals surface area contributed by atoms with E-state index < -0.39 is 0 Å². The predicted octanol–water partition coefficient (Wildman–Crippen LogP) is 5.10. The van der Waals surface area contributed by atoms with Crippen LogP contribution < -0.4 is 4.90 Å². The summed E-state index contributed by atoms with van der Waals surface area (Å²) in [6, 6.07) is 13.1. The van der Waals surface area contributed by atoms with E-state index in [0.29, 0.717) is 18.4 Å². The molecule has 0 aliphatic carbocycles. The highest BCUT2D eigenvalue weighted by molar-refractivity contribution is 7.09. The molecule has 2 heterocycles. The number of carbonyl (C=O) groups excluding carboxylic acids is 1. The van der Waals surface area contributed by atoms with Crippen molar-refractivity contribution < 1.29 is 4.79 Å². The summed E-state index contributed by atoms with van der Waals surface area (Å²) in [4.78, 5) is 19.0. The number of hydrogen-bond donors (Lipinski definition) is 0. The van der Waals surface area contributed by atoms with Gasteiger partial charge in [-0.3, -0.25) is 9.69 Å². The number of piperidine rings is 1. The van der Waals surface area contributed by atoms with Crippen LogP contribution in [0.25, 0.3) is 0 Å². The number of amides is 1. The second kappa shape index (κ2) is 8.83. The Kier molecular flexibility index (Phi) is 6.49. The molecule has 0 spiro atoms. The van der Waals surface area contributed by atoms with Crippen molar-refractivity contribution in [3.8, 4) is 0 Å². The Bertz CT molecular complexity index is 685. The maximum atomic E-state index is 13.0. The summed E-state index contributed by atoms with van der Waals surface area (Å²) in [5, 5.41) is 2.14. The zero-order chi connectivity index (χ0) is 18.5. The van der Waals surface area contributed by atoms with Gasteiger partial charge in [0, 0.05) is 42.7 Å². The van der Waals surface area contributed by atoms with Crippen molar-refractivity contribution >= 4 is 22.9 Å². The highest BCUT2D eigenvalue weighted by Gasteiger charge is 2.29. The SMILES string of the molecule is Cc1ccc(N(C(=O)CC(C)C)C2CCN(Cc3cccs3)CC2)cc1. The molecule has 1 aliphatic rings. The van der Waals surface area contributed by atoms with E-state index in [4.69, 9.17) is 0 Å². The largest absolute Gasteiger partial charge is 0.309 e. The zero-order valence-corrected chi connectivity index (χ0v) is 17.0. The van der Waals surface area contributed by atoms with Gasteiger partial charge in [-0.15, -0.1) is 11.3 Å². The summed E-state index contributed by atoms with van der Waals surface area (Å²) >= 11 is 1.83. The van der Waals surface area contributed by atoms with E-state index in [2.05, 4.69) is 72.3 Å². The lowest BCUT2D eigenvalue weighted by atomic mass is 10.00. The van der Waals surface area contributed by atoms with Gasteiger partial charge in [-0.2, -0.15) is 0 Å². The van der Waals surface area contributed by atoms with Crippen molar-refractivity contribution in [3.05, 3.63) is 52.2 Å². The van der Waals surface area contributed by atoms with Crippen LogP contribution in [0, 0.1) is 12.8 Å². The van der Waals surface area contributed by atoms with E-state index in [9.17, 15) is 4.79 Å². The van der Waals surface area contributed by atoms with Crippen LogP contribution in [-0.2, 0) is 11.3 Å². The first kappa shape index (κ1) is 19.1. The van der Waals surface area contributed by atoms with Gasteiger partial charge in [0.25, 0.3) is 0 Å². The second-order valence-electron chi connectivity index (χ2n) is 7.78. The summed E-state index contributed by atoms with van der Waals surface area (Å²) in [6.07, 6.45) is 2.70. The van der Waals surface area contributed by atoms with Crippen LogP contribution in [0.1, 0.15) is 43.6 Å². The van der Waals surface area contributed by atoms with Crippen molar-refractivity contribution in [1.82, 2.24) is 4.90 Å². The maximum absolute atomic E-state index is 13.0. The molecule has 0 unspecified atom stereocenters. The van der Waals surface area contributed by atoms with E-state index in [1.54, 1.807) is 0 Å². The molecule has 0 radical (unpaired) electrons. The van der Waals surface area contributed by atoms with Gasteiger partial charge >= 0.3 is 0 Å². The van der Waals surface area contributed by atoms with Crippen molar-refractivity contribution in [2.45, 2.75) is 52.6 Å². The molecule has 0 saturated carbocycles. The fourth-order valence-electron chi connectivity index (χ4n) is 3.67. The summed E-state index contributed by atoms with van der Waals surface area (Å²) in [6.45, 7) is 9.48. The third-order valence-corrected chi connectivity index (χ3v) is 5.91. The molecule has 140 valence electrons. The topological polar surface area (TPSA) is 23.6 Å². The minimum Gasteiger partial charge on any atom is -0.309 e. The van der Waals surface area contributed by atoms with Crippen molar-refractivity contribution in [2.75, 3.05) is 18.0 Å². The molecule has 2 aromatic rings. The van der Waals surface area contributed by atoms with E-state index in [-0.39, 0.29) is 5.91 Å². The summed E-state index contributed by atoms with van der Waals surface area (Å²) in [5.41, 5.74) is 2.29. The number of carbonyl (C=O) groups is 1. The minimum absolute atomic E-state index is 0.264. The van der Waals surface area contributed by atoms with Crippen LogP contribution in [0.5, 0.6) is 0 Å². The molecular formula is C22H30N2OS. The Morgan fingerprint density at radius 1 is 1.19 bits per heavy atom. The number of aryl methyl sites for hydroxylation is 1. The molecule has 0 atom stereocenters. The average Bonchev–Trinajstić information content (AvgIpc) is 3.11. The molecule has 26 heavy (non-hydrogen) atoms. The monoisotopic (exact) mass is 370 g/mol. The average molecular weight is 371 g/mol. The summed E-state index contributed by atoms with van der Waals surface area (Å²) in [7, 11) is 0. The number of nitrogens with zero attached hydrogens (tertiary/aromatic N) is 2. The molecule has 1 fully saturated rings. The molecule has 0 N–H and O–H groups in total. The van der Waals surface area contributed by atoms with Crippen LogP contribution in [0.15, 0.2) is 41.8 Å². The first-order chi connectivity index (χ1) is 12.5. The Labute approximate surface area is 161 Å². The number of rotatable bonds is 6. The van der Waals surface area contributed by atoms with Gasteiger partial charge < -0.3 is 4.90 Å². The standard InChI is InChI=1S/C22H30N2OS/c1-17(2)15-22(25)24(19-8-6-18(3)7-9-19)20-10-12-23(13-11-20)16-21-5-4-14-26-21/h4-9,14,17,20H,10-13,15-16H2,1-3H3. The predicted molar refractivity (Wildman–Crippen MR) is 111 cm³/mol. The normalized spacial score (nSPS) is 16.2. The summed E-state index contributed by atoms with van der Waals surface area (Å²) in [5.74, 6) is 0.648. The lowest BCUT2D eigenvalue weighted by Gasteiger charge is -2.39. The molecule has 3 nitrogen and oxygen atoms in total. The Morgan fingerprint density at radius 2 is 1.88 bits per heavy atom. The number of hydrogen-bond acceptors (Lipinski definition) is 3. The fraction of sp³-hybridized carbons (Fsp3) is 0.500. The Balaban J connectivity index is 1.69. The Hall–Kier alpha value is -1.65. The number of likely N-dealkylation sites (tertiary alicyclic amines) is 1. The smallest absolute Gasteiger partial charge is 0.227 e. The second-order valence-corrected chi connectivity index (χ2v) is 8.82. The molecule has 0 bridgehead atoms. The van der Waals surface area contributed by atoms with Crippen LogP contribution in [0.3, 0.4) is 0 Å². The Morgan fingerprint density at radius 3 is 2.46 bits per heavy atom. The van der Waals surface area contributed by atoms with Crippen molar-refractivity contribution in [3.63, 3.8) is 0 Å². The number of thiophene rings is 1. The lowest BCUT2D eigenvalue weighted by Crippen LogP contribution is -2.47. The van der Waals surface area contributed by atoms with Crippen molar-refractivity contribution in [1.29, 1.82) is 0 Å². The van der Waals surface area contributed by atoms with Crippen LogP contribution >= 0.6 is 11.3 Å². The third-order valence-electron chi connectivity index (χ3n) is 5.05. The van der Waals surface area contributed by atoms with Gasteiger partial charge in [-0.25, -0.2) is 0 Å². The molecule has 1 aromatic carbocycles. The highest BCUT2D eigenvalue weighted by atomic mass is 32.1. The first-order valence-corrected chi connectivity index (χ1v) is 10.5. The van der Waals surface area contributed by atoms with Gasteiger partial charge in [-0.1, -0.05) is 37.6 Å². The van der Waals surface area contributed by atoms with Crippen molar-refractivity contribution in [2.24, 2.45) is 5.92 Å². The lowest BCUT2D eigenvalue weighted by molar-refractivity contribution is -0.120. The van der Waals surface area contributed by atoms with E-state index in [1.807, 2.05) is 11.3 Å². The molecule has 3 rings (SSSR count). The minimum atomic E-state index is 0.264. The quantitative estimate of drug-likeness (QED) is 0.706. The summed E-state index contributed by atoms with van der Waals surface area (Å²) < 4.78 is 0. The number of benzene rings is 1. The molecule has 1 amide bonds.